The van der Waals surface area contributed by atoms with Gasteiger partial charge in [0.2, 0.25) is 11.8 Å². The molecule has 1 saturated carbocycles. The van der Waals surface area contributed by atoms with Gasteiger partial charge in [-0.05, 0) is 44.7 Å². The van der Waals surface area contributed by atoms with E-state index in [4.69, 9.17) is 4.74 Å². The molecule has 3 aliphatic rings. The number of ether oxygens (including phenoxy) is 1. The average Bonchev–Trinajstić information content (AvgIpc) is 3.44. The van der Waals surface area contributed by atoms with E-state index in [1.54, 1.807) is 7.05 Å². The van der Waals surface area contributed by atoms with Gasteiger partial charge in [-0.1, -0.05) is 49.6 Å². The monoisotopic (exact) mass is 442 g/mol. The van der Waals surface area contributed by atoms with Gasteiger partial charge in [-0.15, -0.1) is 0 Å². The van der Waals surface area contributed by atoms with E-state index in [-0.39, 0.29) is 42.0 Å². The fourth-order valence-corrected chi connectivity index (χ4v) is 5.51. The molecule has 1 unspecified atom stereocenters. The molecule has 5 atom stereocenters. The van der Waals surface area contributed by atoms with Crippen LogP contribution in [0.25, 0.3) is 0 Å². The number of hydrogen-bond donors (Lipinski definition) is 3. The highest BCUT2D eigenvalue weighted by Crippen LogP contribution is 2.32. The van der Waals surface area contributed by atoms with Gasteiger partial charge in [0.1, 0.15) is 6.04 Å². The Labute approximate surface area is 191 Å². The third-order valence-electron chi connectivity index (χ3n) is 7.52. The van der Waals surface area contributed by atoms with Gasteiger partial charge in [0.05, 0.1) is 24.8 Å². The first-order valence-electron chi connectivity index (χ1n) is 12.3. The number of fused-ring (bicyclic) bond motifs is 1. The molecule has 2 amide bonds. The van der Waals surface area contributed by atoms with E-state index in [1.165, 1.54) is 6.42 Å². The molecule has 176 valence electrons. The Hall–Kier alpha value is -1.96. The number of likely N-dealkylation sites (N-methyl/N-ethyl adjacent to an activating group) is 1. The van der Waals surface area contributed by atoms with Crippen molar-refractivity contribution >= 4 is 11.8 Å². The minimum absolute atomic E-state index is 0.0240. The highest BCUT2D eigenvalue weighted by Gasteiger charge is 2.49. The number of nitrogens with one attached hydrogen (secondary N) is 3. The molecule has 2 heterocycles. The normalized spacial score (nSPS) is 27.7. The lowest BCUT2D eigenvalue weighted by atomic mass is 9.83. The first-order chi connectivity index (χ1) is 15.6. The maximum Gasteiger partial charge on any atom is 0.245 e. The van der Waals surface area contributed by atoms with E-state index in [1.807, 2.05) is 30.0 Å². The van der Waals surface area contributed by atoms with Crippen LogP contribution in [0.1, 0.15) is 51.0 Å². The van der Waals surface area contributed by atoms with Gasteiger partial charge in [0.15, 0.2) is 0 Å². The second kappa shape index (κ2) is 10.8. The zero-order valence-electron chi connectivity index (χ0n) is 19.4. The summed E-state index contributed by atoms with van der Waals surface area (Å²) in [7, 11) is 1.77. The van der Waals surface area contributed by atoms with Crippen molar-refractivity contribution in [3.05, 3.63) is 35.9 Å². The quantitative estimate of drug-likeness (QED) is 0.572. The molecule has 7 heteroatoms. The first kappa shape index (κ1) is 23.2. The third-order valence-corrected chi connectivity index (χ3v) is 7.52. The zero-order valence-corrected chi connectivity index (χ0v) is 19.4. The summed E-state index contributed by atoms with van der Waals surface area (Å²) in [5.41, 5.74) is 1.14. The molecule has 32 heavy (non-hydrogen) atoms. The van der Waals surface area contributed by atoms with Crippen LogP contribution < -0.4 is 16.0 Å². The Kier molecular flexibility index (Phi) is 7.81. The summed E-state index contributed by atoms with van der Waals surface area (Å²) in [6.45, 7) is 3.84. The molecule has 0 bridgehead atoms. The van der Waals surface area contributed by atoms with E-state index in [2.05, 4.69) is 28.1 Å². The number of carbonyl (C=O) groups excluding carboxylic acids is 2. The molecule has 1 aromatic rings. The number of nitrogens with zero attached hydrogens (tertiary/aromatic N) is 1. The molecule has 1 aliphatic carbocycles. The fourth-order valence-electron chi connectivity index (χ4n) is 5.51. The van der Waals surface area contributed by atoms with E-state index < -0.39 is 6.04 Å². The van der Waals surface area contributed by atoms with Crippen LogP contribution in [0.15, 0.2) is 30.3 Å². The second-order valence-electron chi connectivity index (χ2n) is 9.56. The highest BCUT2D eigenvalue weighted by molar-refractivity contribution is 5.90. The van der Waals surface area contributed by atoms with Crippen molar-refractivity contribution in [2.24, 2.45) is 5.92 Å². The molecule has 4 rings (SSSR count). The number of amides is 2. The topological polar surface area (TPSA) is 82.7 Å². The van der Waals surface area contributed by atoms with Crippen molar-refractivity contribution in [2.75, 3.05) is 20.1 Å². The van der Waals surface area contributed by atoms with E-state index >= 15 is 0 Å². The van der Waals surface area contributed by atoms with Crippen LogP contribution in [0.3, 0.4) is 0 Å². The van der Waals surface area contributed by atoms with Crippen molar-refractivity contribution in [1.29, 1.82) is 0 Å². The molecular weight excluding hydrogens is 404 g/mol. The number of rotatable bonds is 8. The van der Waals surface area contributed by atoms with Gasteiger partial charge in [0.25, 0.3) is 0 Å². The Morgan fingerprint density at radius 3 is 2.62 bits per heavy atom. The number of likely N-dealkylation sites (tertiary alicyclic amines) is 1. The Bertz CT molecular complexity index is 768. The van der Waals surface area contributed by atoms with Crippen LogP contribution in [0.4, 0.5) is 0 Å². The summed E-state index contributed by atoms with van der Waals surface area (Å²) in [4.78, 5) is 28.6. The summed E-state index contributed by atoms with van der Waals surface area (Å²) < 4.78 is 6.29. The van der Waals surface area contributed by atoms with Crippen LogP contribution in [0.2, 0.25) is 0 Å². The summed E-state index contributed by atoms with van der Waals surface area (Å²) >= 11 is 0. The Morgan fingerprint density at radius 1 is 1.16 bits per heavy atom. The maximum atomic E-state index is 13.9. The van der Waals surface area contributed by atoms with Crippen LogP contribution in [-0.4, -0.2) is 67.1 Å². The predicted molar refractivity (Wildman–Crippen MR) is 124 cm³/mol. The molecule has 3 N–H and O–H groups in total. The summed E-state index contributed by atoms with van der Waals surface area (Å²) in [5.74, 6) is 0.174. The van der Waals surface area contributed by atoms with Gasteiger partial charge >= 0.3 is 0 Å². The minimum Gasteiger partial charge on any atom is -0.370 e. The SMILES string of the molecule is CN[C@@H](C)C(=O)N[C@H](C(=O)N1CCC2NC[C@H](OCc3ccccc3)[C@H]21)C1CCCCC1. The summed E-state index contributed by atoms with van der Waals surface area (Å²) in [6.07, 6.45) is 6.36. The van der Waals surface area contributed by atoms with Crippen LogP contribution in [-0.2, 0) is 20.9 Å². The van der Waals surface area contributed by atoms with Crippen LogP contribution >= 0.6 is 0 Å². The van der Waals surface area contributed by atoms with Gasteiger partial charge in [-0.3, -0.25) is 9.59 Å². The van der Waals surface area contributed by atoms with E-state index in [0.717, 1.165) is 44.2 Å². The smallest absolute Gasteiger partial charge is 0.245 e. The Balaban J connectivity index is 1.47. The molecule has 0 spiro atoms. The van der Waals surface area contributed by atoms with Crippen LogP contribution in [0.5, 0.6) is 0 Å². The Morgan fingerprint density at radius 2 is 1.91 bits per heavy atom. The van der Waals surface area contributed by atoms with Gasteiger partial charge in [0, 0.05) is 19.1 Å². The van der Waals surface area contributed by atoms with Gasteiger partial charge in [-0.2, -0.15) is 0 Å². The lowest BCUT2D eigenvalue weighted by Gasteiger charge is -2.36. The average molecular weight is 443 g/mol. The van der Waals surface area contributed by atoms with Crippen molar-refractivity contribution < 1.29 is 14.3 Å². The minimum atomic E-state index is -0.451. The largest absolute Gasteiger partial charge is 0.370 e. The number of hydrogen-bond acceptors (Lipinski definition) is 5. The molecule has 1 aromatic carbocycles. The molecule has 7 nitrogen and oxygen atoms in total. The van der Waals surface area contributed by atoms with Crippen molar-refractivity contribution in [3.8, 4) is 0 Å². The molecule has 3 fully saturated rings. The van der Waals surface area contributed by atoms with Crippen molar-refractivity contribution in [1.82, 2.24) is 20.9 Å². The predicted octanol–water partition coefficient (Wildman–Crippen LogP) is 1.82. The molecule has 0 aromatic heterocycles. The molecule has 0 radical (unpaired) electrons. The van der Waals surface area contributed by atoms with Crippen molar-refractivity contribution in [2.45, 2.75) is 82.3 Å². The molecular formula is C25H38N4O3. The number of benzene rings is 1. The van der Waals surface area contributed by atoms with Gasteiger partial charge < -0.3 is 25.6 Å². The standard InChI is InChI=1S/C25H38N4O3/c1-17(26-2)24(30)28-22(19-11-7-4-8-12-19)25(31)29-14-13-20-23(29)21(15-27-20)32-16-18-9-5-3-6-10-18/h3,5-6,9-10,17,19-23,26-27H,4,7-8,11-16H2,1-2H3,(H,28,30)/t17-,20?,21-,22-,23-/m0/s1. The van der Waals surface area contributed by atoms with E-state index in [9.17, 15) is 9.59 Å². The van der Waals surface area contributed by atoms with E-state index in [0.29, 0.717) is 13.2 Å². The van der Waals surface area contributed by atoms with Crippen molar-refractivity contribution in [3.63, 3.8) is 0 Å². The lowest BCUT2D eigenvalue weighted by Crippen LogP contribution is -2.58. The zero-order chi connectivity index (χ0) is 22.5. The first-order valence-corrected chi connectivity index (χ1v) is 12.3. The maximum absolute atomic E-state index is 13.9. The fraction of sp³-hybridized carbons (Fsp3) is 0.680. The van der Waals surface area contributed by atoms with Gasteiger partial charge in [-0.25, -0.2) is 0 Å². The number of carbonyl (C=O) groups is 2. The third kappa shape index (κ3) is 5.16. The molecule has 2 saturated heterocycles. The highest BCUT2D eigenvalue weighted by atomic mass is 16.5. The van der Waals surface area contributed by atoms with Crippen LogP contribution in [0, 0.1) is 5.92 Å². The summed E-state index contributed by atoms with van der Waals surface area (Å²) in [6, 6.07) is 9.68. The molecule has 2 aliphatic heterocycles. The second-order valence-corrected chi connectivity index (χ2v) is 9.56. The summed E-state index contributed by atoms with van der Waals surface area (Å²) in [5, 5.41) is 9.66. The lowest BCUT2D eigenvalue weighted by molar-refractivity contribution is -0.141.